The molecule has 101 valence electrons. The molecule has 1 aliphatic rings. The molecule has 0 fully saturated rings. The molecular weight excluding hydrogens is 226 g/mol. The van der Waals surface area contributed by atoms with Gasteiger partial charge < -0.3 is 0 Å². The van der Waals surface area contributed by atoms with Crippen LogP contribution in [0.2, 0.25) is 0 Å². The summed E-state index contributed by atoms with van der Waals surface area (Å²) in [5.74, 6) is 0. The van der Waals surface area contributed by atoms with Crippen LogP contribution in [-0.2, 0) is 10.0 Å². The molecule has 0 bridgehead atoms. The Morgan fingerprint density at radius 3 is 2.17 bits per heavy atom. The molecule has 1 radical (unpaired) electrons. The van der Waals surface area contributed by atoms with E-state index in [-0.39, 0.29) is 0 Å². The Bertz CT molecular complexity index is 378. The van der Waals surface area contributed by atoms with Gasteiger partial charge >= 0.3 is 0 Å². The van der Waals surface area contributed by atoms with Gasteiger partial charge in [-0.3, -0.25) is 4.79 Å². The summed E-state index contributed by atoms with van der Waals surface area (Å²) in [6.45, 7) is 9.50. The van der Waals surface area contributed by atoms with Crippen LogP contribution in [0.4, 0.5) is 0 Å². The van der Waals surface area contributed by atoms with E-state index in [1.165, 1.54) is 0 Å². The van der Waals surface area contributed by atoms with Gasteiger partial charge in [0.05, 0.1) is 11.1 Å². The summed E-state index contributed by atoms with van der Waals surface area (Å²) in [7, 11) is 0. The van der Waals surface area contributed by atoms with Crippen molar-refractivity contribution in [3.8, 4) is 0 Å². The summed E-state index contributed by atoms with van der Waals surface area (Å²) < 4.78 is 0. The number of carbonyl (C=O) groups is 1. The van der Waals surface area contributed by atoms with E-state index in [1.807, 2.05) is 19.9 Å². The molecule has 0 aromatic heterocycles. The van der Waals surface area contributed by atoms with Crippen LogP contribution >= 0.6 is 0 Å². The van der Waals surface area contributed by atoms with E-state index in [0.717, 1.165) is 36.2 Å². The van der Waals surface area contributed by atoms with E-state index in [4.69, 9.17) is 0 Å². The first kappa shape index (κ1) is 15.1. The minimum Gasteiger partial charge on any atom is -0.298 e. The zero-order valence-corrected chi connectivity index (χ0v) is 12.1. The summed E-state index contributed by atoms with van der Waals surface area (Å²) in [6.07, 6.45) is 8.12. The number of carbonyl (C=O) groups excluding carboxylic acids is 1. The van der Waals surface area contributed by atoms with Crippen LogP contribution in [0.25, 0.3) is 0 Å². The molecule has 1 rings (SSSR count). The number of aldehydes is 1. The van der Waals surface area contributed by atoms with E-state index in [2.05, 4.69) is 13.0 Å². The van der Waals surface area contributed by atoms with Crippen LogP contribution < -0.4 is 0 Å². The third-order valence-electron chi connectivity index (χ3n) is 3.75. The maximum atomic E-state index is 12.3. The smallest absolute Gasteiger partial charge is 0.148 e. The highest BCUT2D eigenvalue weighted by Gasteiger charge is 2.50. The summed E-state index contributed by atoms with van der Waals surface area (Å²) in [5, 5.41) is 13.3. The zero-order chi connectivity index (χ0) is 14.0. The standard InChI is InChI=1S/C15H24NO2/c1-6-7-8-9-10-12-13(11-17)15(4,5)16(18)14(12,2)3/h9-11H,6-8H2,1-5H3/b10-9+. The SMILES string of the molecule is CCCC/C=C/C1=C(C=O)C(C)(C)N([O])C1(C)C. The predicted octanol–water partition coefficient (Wildman–Crippen LogP) is 3.45. The maximum Gasteiger partial charge on any atom is 0.148 e. The summed E-state index contributed by atoms with van der Waals surface area (Å²) in [6, 6.07) is 0. The molecule has 0 aliphatic carbocycles. The fraction of sp³-hybridized carbons (Fsp3) is 0.667. The first-order valence-corrected chi connectivity index (χ1v) is 6.64. The molecule has 3 heteroatoms. The van der Waals surface area contributed by atoms with Crippen LogP contribution in [0, 0.1) is 0 Å². The Kier molecular flexibility index (Phi) is 4.51. The molecule has 18 heavy (non-hydrogen) atoms. The van der Waals surface area contributed by atoms with Crippen molar-refractivity contribution >= 4 is 6.29 Å². The van der Waals surface area contributed by atoms with Gasteiger partial charge in [-0.2, -0.15) is 0 Å². The second kappa shape index (κ2) is 5.37. The van der Waals surface area contributed by atoms with Crippen LogP contribution in [0.3, 0.4) is 0 Å². The molecule has 0 spiro atoms. The van der Waals surface area contributed by atoms with E-state index >= 15 is 0 Å². The number of rotatable bonds is 5. The Labute approximate surface area is 110 Å². The molecule has 0 amide bonds. The van der Waals surface area contributed by atoms with Gasteiger partial charge in [-0.1, -0.05) is 31.9 Å². The van der Waals surface area contributed by atoms with E-state index in [0.29, 0.717) is 5.57 Å². The molecule has 0 unspecified atom stereocenters. The highest BCUT2D eigenvalue weighted by molar-refractivity contribution is 5.81. The predicted molar refractivity (Wildman–Crippen MR) is 72.4 cm³/mol. The maximum absolute atomic E-state index is 12.3. The van der Waals surface area contributed by atoms with Crippen molar-refractivity contribution < 1.29 is 10.0 Å². The van der Waals surface area contributed by atoms with Crippen LogP contribution in [0.5, 0.6) is 0 Å². The minimum absolute atomic E-state index is 0.607. The largest absolute Gasteiger partial charge is 0.298 e. The number of hydrogen-bond acceptors (Lipinski definition) is 2. The molecular formula is C15H24NO2. The fourth-order valence-electron chi connectivity index (χ4n) is 2.60. The molecule has 0 aromatic rings. The quantitative estimate of drug-likeness (QED) is 0.554. The highest BCUT2D eigenvalue weighted by Crippen LogP contribution is 2.43. The third-order valence-corrected chi connectivity index (χ3v) is 3.75. The monoisotopic (exact) mass is 250 g/mol. The van der Waals surface area contributed by atoms with Crippen molar-refractivity contribution in [3.63, 3.8) is 0 Å². The number of unbranched alkanes of at least 4 members (excludes halogenated alkanes) is 2. The number of nitrogens with zero attached hydrogens (tertiary/aromatic N) is 1. The first-order valence-electron chi connectivity index (χ1n) is 6.64. The normalized spacial score (nSPS) is 23.0. The average Bonchev–Trinajstić information content (AvgIpc) is 2.43. The lowest BCUT2D eigenvalue weighted by atomic mass is 9.91. The lowest BCUT2D eigenvalue weighted by Gasteiger charge is -2.33. The van der Waals surface area contributed by atoms with Gasteiger partial charge in [-0.05, 0) is 39.7 Å². The Hall–Kier alpha value is -0.930. The number of hydrogen-bond donors (Lipinski definition) is 0. The highest BCUT2D eigenvalue weighted by atomic mass is 16.5. The molecule has 1 heterocycles. The number of allylic oxidation sites excluding steroid dienone is 1. The van der Waals surface area contributed by atoms with E-state index in [1.54, 1.807) is 13.8 Å². The molecule has 0 saturated heterocycles. The van der Waals surface area contributed by atoms with E-state index < -0.39 is 11.1 Å². The van der Waals surface area contributed by atoms with Gasteiger partial charge in [-0.15, -0.1) is 10.3 Å². The van der Waals surface area contributed by atoms with Gasteiger partial charge in [0.15, 0.2) is 0 Å². The van der Waals surface area contributed by atoms with E-state index in [9.17, 15) is 10.0 Å². The molecule has 1 aliphatic heterocycles. The second-order valence-electron chi connectivity index (χ2n) is 5.90. The molecule has 0 N–H and O–H groups in total. The van der Waals surface area contributed by atoms with Gasteiger partial charge in [0, 0.05) is 5.57 Å². The van der Waals surface area contributed by atoms with Gasteiger partial charge in [0.1, 0.15) is 6.29 Å². The zero-order valence-electron chi connectivity index (χ0n) is 12.1. The van der Waals surface area contributed by atoms with Crippen molar-refractivity contribution in [3.05, 3.63) is 23.3 Å². The van der Waals surface area contributed by atoms with Gasteiger partial charge in [0.2, 0.25) is 0 Å². The second-order valence-corrected chi connectivity index (χ2v) is 5.90. The molecule has 0 atom stereocenters. The average molecular weight is 250 g/mol. The van der Waals surface area contributed by atoms with Crippen molar-refractivity contribution in [2.45, 2.75) is 65.0 Å². The van der Waals surface area contributed by atoms with Crippen molar-refractivity contribution in [1.29, 1.82) is 0 Å². The summed E-state index contributed by atoms with van der Waals surface area (Å²) in [4.78, 5) is 11.3. The topological polar surface area (TPSA) is 40.2 Å². The van der Waals surface area contributed by atoms with Crippen molar-refractivity contribution in [1.82, 2.24) is 5.06 Å². The fourth-order valence-corrected chi connectivity index (χ4v) is 2.60. The minimum atomic E-state index is -0.740. The number of hydroxylamine groups is 2. The van der Waals surface area contributed by atoms with Crippen LogP contribution in [0.1, 0.15) is 53.9 Å². The summed E-state index contributed by atoms with van der Waals surface area (Å²) >= 11 is 0. The lowest BCUT2D eigenvalue weighted by molar-refractivity contribution is -0.239. The Morgan fingerprint density at radius 2 is 1.67 bits per heavy atom. The van der Waals surface area contributed by atoms with Gasteiger partial charge in [-0.25, -0.2) is 0 Å². The Morgan fingerprint density at radius 1 is 1.11 bits per heavy atom. The van der Waals surface area contributed by atoms with Crippen molar-refractivity contribution in [2.75, 3.05) is 0 Å². The molecule has 0 saturated carbocycles. The third kappa shape index (κ3) is 2.43. The molecule has 0 aromatic carbocycles. The Balaban J connectivity index is 3.10. The summed E-state index contributed by atoms with van der Waals surface area (Å²) in [5.41, 5.74) is 0.0851. The molecule has 3 nitrogen and oxygen atoms in total. The van der Waals surface area contributed by atoms with Crippen LogP contribution in [0.15, 0.2) is 23.3 Å². The lowest BCUT2D eigenvalue weighted by Crippen LogP contribution is -2.47. The first-order chi connectivity index (χ1) is 8.30. The van der Waals surface area contributed by atoms with Gasteiger partial charge in [0.25, 0.3) is 0 Å². The van der Waals surface area contributed by atoms with Crippen LogP contribution in [-0.4, -0.2) is 22.4 Å². The van der Waals surface area contributed by atoms with Crippen molar-refractivity contribution in [2.24, 2.45) is 0 Å².